The van der Waals surface area contributed by atoms with E-state index in [0.29, 0.717) is 10.6 Å². The second-order valence-electron chi connectivity index (χ2n) is 6.90. The molecule has 0 bridgehead atoms. The summed E-state index contributed by atoms with van der Waals surface area (Å²) in [5.74, 6) is -1.87. The number of aliphatic imine (C=N–C) groups is 1. The molecular weight excluding hydrogens is 446 g/mol. The Balaban J connectivity index is 1.78. The van der Waals surface area contributed by atoms with E-state index in [2.05, 4.69) is 20.0 Å². The molecule has 6 nitrogen and oxygen atoms in total. The van der Waals surface area contributed by atoms with Crippen LogP contribution in [0.1, 0.15) is 29.7 Å². The molecule has 0 fully saturated rings. The maximum Gasteiger partial charge on any atom is 0.266 e. The van der Waals surface area contributed by atoms with Gasteiger partial charge in [0.15, 0.2) is 0 Å². The van der Waals surface area contributed by atoms with Crippen LogP contribution < -0.4 is 10.0 Å². The zero-order valence-corrected chi connectivity index (χ0v) is 17.8. The summed E-state index contributed by atoms with van der Waals surface area (Å²) in [6, 6.07) is 11.9. The van der Waals surface area contributed by atoms with E-state index in [-0.39, 0.29) is 34.3 Å². The highest BCUT2D eigenvalue weighted by Gasteiger charge is 2.32. The Kier molecular flexibility index (Phi) is 5.63. The van der Waals surface area contributed by atoms with Crippen LogP contribution in [0.25, 0.3) is 0 Å². The van der Waals surface area contributed by atoms with E-state index in [1.807, 2.05) is 0 Å². The van der Waals surface area contributed by atoms with Crippen LogP contribution in [-0.2, 0) is 16.6 Å². The second-order valence-corrected chi connectivity index (χ2v) is 8.96. The summed E-state index contributed by atoms with van der Waals surface area (Å²) in [6.45, 7) is 1.52. The Hall–Kier alpha value is -3.04. The van der Waals surface area contributed by atoms with Crippen molar-refractivity contribution in [2.24, 2.45) is 4.99 Å². The highest BCUT2D eigenvalue weighted by molar-refractivity contribution is 7.90. The highest BCUT2D eigenvalue weighted by atomic mass is 35.5. The van der Waals surface area contributed by atoms with Crippen molar-refractivity contribution in [3.05, 3.63) is 88.2 Å². The largest absolute Gasteiger partial charge is 0.324 e. The molecule has 0 unspecified atom stereocenters. The first-order chi connectivity index (χ1) is 14.8. The zero-order valence-electron chi connectivity index (χ0n) is 16.2. The Bertz CT molecular complexity index is 1300. The van der Waals surface area contributed by atoms with Gasteiger partial charge >= 0.3 is 0 Å². The summed E-state index contributed by atoms with van der Waals surface area (Å²) in [7, 11) is -4.03. The number of sulfonamides is 1. The van der Waals surface area contributed by atoms with Crippen LogP contribution >= 0.6 is 11.6 Å². The molecule has 160 valence electrons. The van der Waals surface area contributed by atoms with E-state index < -0.39 is 27.6 Å². The number of hydrogen-bond acceptors (Lipinski definition) is 4. The molecule has 2 N–H and O–H groups in total. The van der Waals surface area contributed by atoms with Crippen LogP contribution in [0, 0.1) is 11.6 Å². The van der Waals surface area contributed by atoms with Crippen molar-refractivity contribution in [2.45, 2.75) is 24.3 Å². The summed E-state index contributed by atoms with van der Waals surface area (Å²) in [4.78, 5) is 7.86. The number of hydrogen-bond donors (Lipinski definition) is 2. The third-order valence-corrected chi connectivity index (χ3v) is 6.67. The fourth-order valence-electron chi connectivity index (χ4n) is 3.42. The molecule has 1 aromatic heterocycles. The lowest BCUT2D eigenvalue weighted by molar-refractivity contribution is 0.586. The number of anilines is 1. The van der Waals surface area contributed by atoms with Crippen molar-refractivity contribution in [1.82, 2.24) is 9.71 Å². The fraction of sp³-hybridized carbons (Fsp3) is 0.143. The minimum atomic E-state index is -4.03. The molecular formula is C21H17ClF2N4O2S. The van der Waals surface area contributed by atoms with Gasteiger partial charge in [-0.25, -0.2) is 26.9 Å². The summed E-state index contributed by atoms with van der Waals surface area (Å²) < 4.78 is 56.6. The monoisotopic (exact) mass is 462 g/mol. The summed E-state index contributed by atoms with van der Waals surface area (Å²) in [5.41, 5.74) is 0.882. The standard InChI is InChI=1S/C21H17ClF2N4O2S/c1-12(13-5-2-3-6-14(13)22)19-16(24)8-9-18-20(19)27-21(28-31(18,29)30)26-11-17-15(23)7-4-10-25-17/h2-10,12H,11H2,1H3,(H2,26,27,28)/t12-/m0/s1. The maximum atomic E-state index is 14.9. The normalized spacial score (nSPS) is 16.8. The summed E-state index contributed by atoms with van der Waals surface area (Å²) in [6.07, 6.45) is 1.41. The molecule has 0 spiro atoms. The molecule has 3 aromatic rings. The number of pyridine rings is 1. The number of aromatic nitrogens is 1. The molecule has 0 saturated carbocycles. The van der Waals surface area contributed by atoms with Gasteiger partial charge < -0.3 is 5.32 Å². The first-order valence-electron chi connectivity index (χ1n) is 9.28. The molecule has 31 heavy (non-hydrogen) atoms. The molecule has 0 radical (unpaired) electrons. The van der Waals surface area contributed by atoms with Crippen LogP contribution in [0.2, 0.25) is 5.02 Å². The topological polar surface area (TPSA) is 83.4 Å². The predicted octanol–water partition coefficient (Wildman–Crippen LogP) is 4.43. The number of nitrogens with zero attached hydrogens (tertiary/aromatic N) is 2. The van der Waals surface area contributed by atoms with Gasteiger partial charge in [-0.3, -0.25) is 4.98 Å². The molecule has 1 aliphatic heterocycles. The van der Waals surface area contributed by atoms with Crippen LogP contribution in [-0.4, -0.2) is 19.4 Å². The van der Waals surface area contributed by atoms with E-state index in [1.165, 1.54) is 24.4 Å². The average molecular weight is 463 g/mol. The van der Waals surface area contributed by atoms with Gasteiger partial charge in [-0.1, -0.05) is 36.7 Å². The first-order valence-corrected chi connectivity index (χ1v) is 11.1. The number of rotatable bonds is 4. The fourth-order valence-corrected chi connectivity index (χ4v) is 4.88. The van der Waals surface area contributed by atoms with Gasteiger partial charge in [0.1, 0.15) is 16.5 Å². The van der Waals surface area contributed by atoms with E-state index >= 15 is 0 Å². The Labute approximate surface area is 183 Å². The van der Waals surface area contributed by atoms with E-state index in [0.717, 1.165) is 6.07 Å². The Morgan fingerprint density at radius 2 is 1.87 bits per heavy atom. The molecule has 0 saturated heterocycles. The smallest absolute Gasteiger partial charge is 0.266 e. The number of halogens is 3. The van der Waals surface area contributed by atoms with Crippen LogP contribution in [0.3, 0.4) is 0 Å². The molecule has 1 aliphatic rings. The SMILES string of the molecule is C[C@@H](c1ccccc1Cl)c1c(F)ccc2c1NC(=NCc1ncccc1F)NS2(=O)=O. The van der Waals surface area contributed by atoms with Crippen molar-refractivity contribution >= 4 is 33.3 Å². The third-order valence-electron chi connectivity index (χ3n) is 4.94. The minimum Gasteiger partial charge on any atom is -0.324 e. The third kappa shape index (κ3) is 4.11. The van der Waals surface area contributed by atoms with Gasteiger partial charge in [0.2, 0.25) is 5.96 Å². The van der Waals surface area contributed by atoms with Gasteiger partial charge in [0.25, 0.3) is 10.0 Å². The van der Waals surface area contributed by atoms with Crippen molar-refractivity contribution in [2.75, 3.05) is 5.32 Å². The molecule has 2 heterocycles. The molecule has 0 aliphatic carbocycles. The average Bonchev–Trinajstić information content (AvgIpc) is 2.72. The molecule has 2 aromatic carbocycles. The minimum absolute atomic E-state index is 0.0469. The van der Waals surface area contributed by atoms with Gasteiger partial charge in [0.05, 0.1) is 17.9 Å². The Morgan fingerprint density at radius 1 is 1.10 bits per heavy atom. The predicted molar refractivity (Wildman–Crippen MR) is 115 cm³/mol. The molecule has 0 amide bonds. The van der Waals surface area contributed by atoms with Crippen LogP contribution in [0.5, 0.6) is 0 Å². The van der Waals surface area contributed by atoms with E-state index in [4.69, 9.17) is 11.6 Å². The highest BCUT2D eigenvalue weighted by Crippen LogP contribution is 2.39. The van der Waals surface area contributed by atoms with Gasteiger partial charge in [-0.05, 0) is 35.9 Å². The lowest BCUT2D eigenvalue weighted by atomic mass is 9.91. The second kappa shape index (κ2) is 8.24. The van der Waals surface area contributed by atoms with Gasteiger partial charge in [-0.2, -0.15) is 0 Å². The maximum absolute atomic E-state index is 14.9. The summed E-state index contributed by atoms with van der Waals surface area (Å²) in [5, 5.41) is 3.28. The van der Waals surface area contributed by atoms with Gasteiger partial charge in [-0.15, -0.1) is 0 Å². The van der Waals surface area contributed by atoms with Crippen molar-refractivity contribution < 1.29 is 17.2 Å². The lowest BCUT2D eigenvalue weighted by Crippen LogP contribution is -2.41. The number of nitrogens with one attached hydrogen (secondary N) is 2. The number of fused-ring (bicyclic) bond motifs is 1. The van der Waals surface area contributed by atoms with E-state index in [9.17, 15) is 17.2 Å². The molecule has 4 rings (SSSR count). The number of guanidine groups is 1. The molecule has 10 heteroatoms. The van der Waals surface area contributed by atoms with Crippen LogP contribution in [0.15, 0.2) is 64.6 Å². The quantitative estimate of drug-likeness (QED) is 0.601. The zero-order chi connectivity index (χ0) is 22.2. The van der Waals surface area contributed by atoms with Crippen molar-refractivity contribution in [1.29, 1.82) is 0 Å². The number of benzene rings is 2. The molecule has 1 atom stereocenters. The Morgan fingerprint density at radius 3 is 2.61 bits per heavy atom. The lowest BCUT2D eigenvalue weighted by Gasteiger charge is -2.27. The van der Waals surface area contributed by atoms with Crippen LogP contribution in [0.4, 0.5) is 14.5 Å². The van der Waals surface area contributed by atoms with Crippen molar-refractivity contribution in [3.8, 4) is 0 Å². The van der Waals surface area contributed by atoms with Gasteiger partial charge in [0, 0.05) is 22.7 Å². The van der Waals surface area contributed by atoms with E-state index in [1.54, 1.807) is 31.2 Å². The first kappa shape index (κ1) is 21.2. The van der Waals surface area contributed by atoms with Crippen molar-refractivity contribution in [3.63, 3.8) is 0 Å². The summed E-state index contributed by atoms with van der Waals surface area (Å²) >= 11 is 6.28.